The van der Waals surface area contributed by atoms with Crippen LogP contribution in [0.3, 0.4) is 0 Å². The van der Waals surface area contributed by atoms with Crippen LogP contribution in [0.4, 0.5) is 0 Å². The monoisotopic (exact) mass is 253 g/mol. The summed E-state index contributed by atoms with van der Waals surface area (Å²) in [6.07, 6.45) is 1.81. The van der Waals surface area contributed by atoms with E-state index in [4.69, 9.17) is 11.6 Å². The molecule has 0 unspecified atom stereocenters. The minimum absolute atomic E-state index is 0.666. The minimum atomic E-state index is 0.666. The molecule has 1 N–H and O–H groups in total. The fourth-order valence-corrected chi connectivity index (χ4v) is 2.04. The van der Waals surface area contributed by atoms with Gasteiger partial charge in [0.1, 0.15) is 0 Å². The number of rotatable bonds is 3. The number of aromatic nitrogens is 4. The molecule has 0 aliphatic carbocycles. The van der Waals surface area contributed by atoms with Crippen molar-refractivity contribution in [1.82, 2.24) is 24.9 Å². The molecule has 2 heterocycles. The average molecular weight is 254 g/mol. The maximum Gasteiger partial charge on any atom is 0.156 e. The highest BCUT2D eigenvalue weighted by atomic mass is 35.5. The fraction of sp³-hybridized carbons (Fsp3) is 0.455. The van der Waals surface area contributed by atoms with Gasteiger partial charge in [0.2, 0.25) is 0 Å². The molecule has 0 bridgehead atoms. The Hall–Kier alpha value is -1.33. The predicted octanol–water partition coefficient (Wildman–Crippen LogP) is 1.60. The smallest absolute Gasteiger partial charge is 0.156 e. The second-order valence-electron chi connectivity index (χ2n) is 4.05. The van der Waals surface area contributed by atoms with Crippen LogP contribution < -0.4 is 5.32 Å². The first-order chi connectivity index (χ1) is 8.04. The summed E-state index contributed by atoms with van der Waals surface area (Å²) < 4.78 is 3.61. The molecular weight excluding hydrogens is 238 g/mol. The summed E-state index contributed by atoms with van der Waals surface area (Å²) in [5, 5.41) is 12.6. The Bertz CT molecular complexity index is 521. The zero-order chi connectivity index (χ0) is 12.6. The lowest BCUT2D eigenvalue weighted by atomic mass is 10.2. The second kappa shape index (κ2) is 4.50. The van der Waals surface area contributed by atoms with E-state index in [1.165, 1.54) is 0 Å². The van der Waals surface area contributed by atoms with Crippen molar-refractivity contribution in [2.24, 2.45) is 7.05 Å². The van der Waals surface area contributed by atoms with E-state index < -0.39 is 0 Å². The van der Waals surface area contributed by atoms with E-state index in [9.17, 15) is 0 Å². The van der Waals surface area contributed by atoms with Crippen LogP contribution in [0, 0.1) is 13.8 Å². The normalized spacial score (nSPS) is 11.1. The molecular formula is C11H16ClN5. The van der Waals surface area contributed by atoms with Crippen molar-refractivity contribution in [1.29, 1.82) is 0 Å². The van der Waals surface area contributed by atoms with Gasteiger partial charge in [-0.2, -0.15) is 10.2 Å². The Morgan fingerprint density at radius 3 is 2.53 bits per heavy atom. The van der Waals surface area contributed by atoms with E-state index in [1.807, 2.05) is 38.8 Å². The molecule has 6 heteroatoms. The van der Waals surface area contributed by atoms with Gasteiger partial charge in [-0.1, -0.05) is 11.6 Å². The Morgan fingerprint density at radius 2 is 2.00 bits per heavy atom. The van der Waals surface area contributed by atoms with Crippen LogP contribution in [-0.4, -0.2) is 26.6 Å². The van der Waals surface area contributed by atoms with E-state index >= 15 is 0 Å². The Labute approximate surface area is 105 Å². The van der Waals surface area contributed by atoms with Crippen molar-refractivity contribution >= 4 is 11.6 Å². The summed E-state index contributed by atoms with van der Waals surface area (Å²) in [7, 11) is 3.82. The molecule has 2 aromatic heterocycles. The molecule has 17 heavy (non-hydrogen) atoms. The van der Waals surface area contributed by atoms with Gasteiger partial charge in [0, 0.05) is 19.2 Å². The lowest BCUT2D eigenvalue weighted by molar-refractivity contribution is 0.685. The Kier molecular flexibility index (Phi) is 3.22. The Balaban J connectivity index is 2.57. The number of aryl methyl sites for hydroxylation is 3. The number of hydrogen-bond acceptors (Lipinski definition) is 3. The van der Waals surface area contributed by atoms with Crippen molar-refractivity contribution in [3.63, 3.8) is 0 Å². The molecule has 0 amide bonds. The summed E-state index contributed by atoms with van der Waals surface area (Å²) in [4.78, 5) is 0. The number of halogens is 1. The first-order valence-electron chi connectivity index (χ1n) is 5.43. The third-order valence-corrected chi connectivity index (χ3v) is 3.09. The van der Waals surface area contributed by atoms with Gasteiger partial charge < -0.3 is 5.32 Å². The summed E-state index contributed by atoms with van der Waals surface area (Å²) >= 11 is 6.04. The molecule has 0 atom stereocenters. The molecule has 0 aromatic carbocycles. The molecule has 0 saturated heterocycles. The maximum atomic E-state index is 6.04. The van der Waals surface area contributed by atoms with Gasteiger partial charge in [-0.15, -0.1) is 0 Å². The molecule has 2 rings (SSSR count). The highest BCUT2D eigenvalue weighted by Gasteiger charge is 2.16. The van der Waals surface area contributed by atoms with E-state index in [1.54, 1.807) is 4.68 Å². The van der Waals surface area contributed by atoms with Gasteiger partial charge in [-0.3, -0.25) is 4.68 Å². The van der Waals surface area contributed by atoms with Crippen molar-refractivity contribution in [2.45, 2.75) is 20.4 Å². The lowest BCUT2D eigenvalue weighted by Crippen LogP contribution is -2.11. The van der Waals surface area contributed by atoms with E-state index in [-0.39, 0.29) is 0 Å². The van der Waals surface area contributed by atoms with E-state index in [2.05, 4.69) is 15.5 Å². The van der Waals surface area contributed by atoms with Gasteiger partial charge in [-0.05, 0) is 20.9 Å². The standard InChI is InChI=1S/C11H16ClN5/c1-7-9(5-13-3)11(16(4)14-7)17-6-10(12)8(2)15-17/h6,13H,5H2,1-4H3. The van der Waals surface area contributed by atoms with E-state index in [0.29, 0.717) is 5.02 Å². The van der Waals surface area contributed by atoms with Crippen LogP contribution in [-0.2, 0) is 13.6 Å². The fourth-order valence-electron chi connectivity index (χ4n) is 1.91. The van der Waals surface area contributed by atoms with E-state index in [0.717, 1.165) is 29.3 Å². The number of nitrogens with one attached hydrogen (secondary N) is 1. The summed E-state index contributed by atoms with van der Waals surface area (Å²) in [5.74, 6) is 0.951. The molecule has 0 radical (unpaired) electrons. The number of nitrogens with zero attached hydrogens (tertiary/aromatic N) is 4. The molecule has 0 aliphatic rings. The second-order valence-corrected chi connectivity index (χ2v) is 4.46. The number of hydrogen-bond donors (Lipinski definition) is 1. The summed E-state index contributed by atoms with van der Waals surface area (Å²) in [6, 6.07) is 0. The van der Waals surface area contributed by atoms with Crippen molar-refractivity contribution < 1.29 is 0 Å². The van der Waals surface area contributed by atoms with Crippen LogP contribution in [0.15, 0.2) is 6.20 Å². The van der Waals surface area contributed by atoms with Crippen molar-refractivity contribution in [2.75, 3.05) is 7.05 Å². The molecule has 92 valence electrons. The lowest BCUT2D eigenvalue weighted by Gasteiger charge is -2.05. The maximum absolute atomic E-state index is 6.04. The van der Waals surface area contributed by atoms with Crippen molar-refractivity contribution in [3.05, 3.63) is 28.2 Å². The third-order valence-electron chi connectivity index (χ3n) is 2.72. The Morgan fingerprint density at radius 1 is 1.29 bits per heavy atom. The molecule has 0 fully saturated rings. The zero-order valence-corrected chi connectivity index (χ0v) is 11.2. The summed E-state index contributed by atoms with van der Waals surface area (Å²) in [5.41, 5.74) is 2.95. The van der Waals surface area contributed by atoms with Gasteiger partial charge in [0.15, 0.2) is 5.82 Å². The minimum Gasteiger partial charge on any atom is -0.315 e. The van der Waals surface area contributed by atoms with Gasteiger partial charge >= 0.3 is 0 Å². The third kappa shape index (κ3) is 2.08. The first-order valence-corrected chi connectivity index (χ1v) is 5.81. The predicted molar refractivity (Wildman–Crippen MR) is 67.6 cm³/mol. The van der Waals surface area contributed by atoms with Crippen LogP contribution in [0.5, 0.6) is 0 Å². The highest BCUT2D eigenvalue weighted by molar-refractivity contribution is 6.31. The molecule has 0 aliphatic heterocycles. The molecule has 5 nitrogen and oxygen atoms in total. The first kappa shape index (κ1) is 12.1. The van der Waals surface area contributed by atoms with Crippen LogP contribution in [0.2, 0.25) is 5.02 Å². The van der Waals surface area contributed by atoms with Crippen LogP contribution in [0.1, 0.15) is 17.0 Å². The topological polar surface area (TPSA) is 47.7 Å². The SMILES string of the molecule is CNCc1c(C)nn(C)c1-n1cc(Cl)c(C)n1. The zero-order valence-electron chi connectivity index (χ0n) is 10.5. The molecule has 0 spiro atoms. The highest BCUT2D eigenvalue weighted by Crippen LogP contribution is 2.20. The van der Waals surface area contributed by atoms with Gasteiger partial charge in [-0.25, -0.2) is 4.68 Å². The molecule has 2 aromatic rings. The van der Waals surface area contributed by atoms with Crippen LogP contribution >= 0.6 is 11.6 Å². The average Bonchev–Trinajstić information content (AvgIpc) is 2.70. The van der Waals surface area contributed by atoms with Gasteiger partial charge in [0.25, 0.3) is 0 Å². The van der Waals surface area contributed by atoms with Gasteiger partial charge in [0.05, 0.1) is 22.6 Å². The largest absolute Gasteiger partial charge is 0.315 e. The van der Waals surface area contributed by atoms with Crippen LogP contribution in [0.25, 0.3) is 5.82 Å². The molecule has 0 saturated carbocycles. The summed E-state index contributed by atoms with van der Waals surface area (Å²) in [6.45, 7) is 4.64. The van der Waals surface area contributed by atoms with Crippen molar-refractivity contribution in [3.8, 4) is 5.82 Å². The quantitative estimate of drug-likeness (QED) is 0.904.